The number of rotatable bonds is 5. The van der Waals surface area contributed by atoms with Crippen molar-refractivity contribution in [2.24, 2.45) is 5.41 Å². The second kappa shape index (κ2) is 4.78. The third-order valence-electron chi connectivity index (χ3n) is 1.73. The topological polar surface area (TPSA) is 49.3 Å². The van der Waals surface area contributed by atoms with Crippen LogP contribution in [0.4, 0.5) is 17.6 Å². The van der Waals surface area contributed by atoms with Crippen LogP contribution in [0.1, 0.15) is 13.8 Å². The summed E-state index contributed by atoms with van der Waals surface area (Å²) in [5.74, 6) is -6.72. The summed E-state index contributed by atoms with van der Waals surface area (Å²) in [6.07, 6.45) is -4.03. The van der Waals surface area contributed by atoms with E-state index in [1.807, 2.05) is 0 Å². The Balaban J connectivity index is 4.28. The Morgan fingerprint density at radius 1 is 1.40 bits per heavy atom. The Morgan fingerprint density at radius 2 is 1.87 bits per heavy atom. The first-order valence-electron chi connectivity index (χ1n) is 4.18. The van der Waals surface area contributed by atoms with E-state index < -0.39 is 23.7 Å². The largest absolute Gasteiger partial charge is 0.396 e. The lowest BCUT2D eigenvalue weighted by molar-refractivity contribution is -0.169. The van der Waals surface area contributed by atoms with E-state index in [2.05, 4.69) is 0 Å². The van der Waals surface area contributed by atoms with E-state index in [0.717, 1.165) is 0 Å². The van der Waals surface area contributed by atoms with Crippen molar-refractivity contribution >= 4 is 5.91 Å². The molecule has 0 aliphatic rings. The van der Waals surface area contributed by atoms with Crippen LogP contribution in [0.3, 0.4) is 0 Å². The molecule has 7 heteroatoms. The molecule has 0 saturated carbocycles. The molecule has 1 amide bonds. The highest BCUT2D eigenvalue weighted by molar-refractivity contribution is 5.83. The Bertz CT molecular complexity index is 231. The molecular formula is C8H13F4NO2. The average Bonchev–Trinajstić information content (AvgIpc) is 2.14. The Kier molecular flexibility index (Phi) is 4.51. The number of amides is 1. The summed E-state index contributed by atoms with van der Waals surface area (Å²) in [6, 6.07) is 0. The van der Waals surface area contributed by atoms with Gasteiger partial charge >= 0.3 is 12.3 Å². The van der Waals surface area contributed by atoms with E-state index in [1.54, 1.807) is 5.32 Å². The van der Waals surface area contributed by atoms with Gasteiger partial charge < -0.3 is 10.4 Å². The van der Waals surface area contributed by atoms with Gasteiger partial charge in [-0.15, -0.1) is 0 Å². The molecule has 0 bridgehead atoms. The Morgan fingerprint density at radius 3 is 2.20 bits per heavy atom. The third kappa shape index (κ3) is 4.03. The van der Waals surface area contributed by atoms with Crippen molar-refractivity contribution in [2.75, 3.05) is 13.2 Å². The van der Waals surface area contributed by atoms with Gasteiger partial charge in [0.1, 0.15) is 0 Å². The van der Waals surface area contributed by atoms with Gasteiger partial charge in [0.25, 0.3) is 5.91 Å². The first-order valence-corrected chi connectivity index (χ1v) is 4.18. The zero-order valence-electron chi connectivity index (χ0n) is 8.36. The summed E-state index contributed by atoms with van der Waals surface area (Å²) in [6.45, 7) is 2.33. The molecule has 0 aromatic rings. The first-order chi connectivity index (χ1) is 6.63. The van der Waals surface area contributed by atoms with Crippen molar-refractivity contribution in [2.45, 2.75) is 26.2 Å². The van der Waals surface area contributed by atoms with E-state index in [0.29, 0.717) is 0 Å². The van der Waals surface area contributed by atoms with Gasteiger partial charge in [-0.05, 0) is 0 Å². The van der Waals surface area contributed by atoms with Gasteiger partial charge in [0.2, 0.25) is 0 Å². The summed E-state index contributed by atoms with van der Waals surface area (Å²) >= 11 is 0. The maximum Gasteiger partial charge on any atom is 0.383 e. The van der Waals surface area contributed by atoms with Crippen molar-refractivity contribution in [3.05, 3.63) is 0 Å². The average molecular weight is 231 g/mol. The van der Waals surface area contributed by atoms with Crippen molar-refractivity contribution in [1.29, 1.82) is 0 Å². The monoisotopic (exact) mass is 231 g/mol. The fraction of sp³-hybridized carbons (Fsp3) is 0.875. The van der Waals surface area contributed by atoms with Crippen LogP contribution in [0.15, 0.2) is 0 Å². The number of carbonyl (C=O) groups excluding carboxylic acids is 1. The summed E-state index contributed by atoms with van der Waals surface area (Å²) < 4.78 is 48.2. The zero-order valence-corrected chi connectivity index (χ0v) is 8.36. The van der Waals surface area contributed by atoms with Crippen LogP contribution in [0.2, 0.25) is 0 Å². The van der Waals surface area contributed by atoms with Gasteiger partial charge in [0, 0.05) is 18.6 Å². The fourth-order valence-electron chi connectivity index (χ4n) is 0.592. The number of hydrogen-bond acceptors (Lipinski definition) is 2. The second-order valence-electron chi connectivity index (χ2n) is 3.93. The standard InChI is InChI=1S/C8H13F4NO2/c1-7(2,4-14)3-13-6(15)8(11,12)5(9)10/h5,14H,3-4H2,1-2H3,(H,13,15). The van der Waals surface area contributed by atoms with Gasteiger partial charge in [0.15, 0.2) is 0 Å². The van der Waals surface area contributed by atoms with Crippen molar-refractivity contribution in [3.63, 3.8) is 0 Å². The minimum absolute atomic E-state index is 0.301. The highest BCUT2D eigenvalue weighted by atomic mass is 19.3. The van der Waals surface area contributed by atoms with E-state index in [-0.39, 0.29) is 13.2 Å². The van der Waals surface area contributed by atoms with Crippen molar-refractivity contribution < 1.29 is 27.5 Å². The van der Waals surface area contributed by atoms with Gasteiger partial charge in [-0.1, -0.05) is 13.8 Å². The summed E-state index contributed by atoms with van der Waals surface area (Å²) in [7, 11) is 0. The van der Waals surface area contributed by atoms with Crippen LogP contribution >= 0.6 is 0 Å². The number of halogens is 4. The molecule has 0 heterocycles. The summed E-state index contributed by atoms with van der Waals surface area (Å²) in [5.41, 5.74) is -0.826. The molecule has 0 aromatic heterocycles. The lowest BCUT2D eigenvalue weighted by atomic mass is 9.95. The van der Waals surface area contributed by atoms with Crippen LogP contribution in [-0.4, -0.2) is 36.5 Å². The van der Waals surface area contributed by atoms with E-state index in [1.165, 1.54) is 13.8 Å². The molecule has 0 aliphatic carbocycles. The maximum absolute atomic E-state index is 12.4. The first kappa shape index (κ1) is 14.2. The zero-order chi connectivity index (χ0) is 12.3. The van der Waals surface area contributed by atoms with Crippen LogP contribution in [-0.2, 0) is 4.79 Å². The quantitative estimate of drug-likeness (QED) is 0.694. The lowest BCUT2D eigenvalue weighted by Gasteiger charge is -2.23. The molecule has 2 N–H and O–H groups in total. The number of nitrogens with one attached hydrogen (secondary N) is 1. The molecule has 15 heavy (non-hydrogen) atoms. The van der Waals surface area contributed by atoms with Crippen LogP contribution in [0.25, 0.3) is 0 Å². The minimum Gasteiger partial charge on any atom is -0.396 e. The van der Waals surface area contributed by atoms with E-state index >= 15 is 0 Å². The predicted octanol–water partition coefficient (Wildman–Crippen LogP) is 1.02. The maximum atomic E-state index is 12.4. The smallest absolute Gasteiger partial charge is 0.383 e. The number of aliphatic hydroxyl groups is 1. The van der Waals surface area contributed by atoms with Crippen molar-refractivity contribution in [1.82, 2.24) is 5.32 Å². The van der Waals surface area contributed by atoms with E-state index in [4.69, 9.17) is 5.11 Å². The Hall–Kier alpha value is -0.850. The molecule has 0 unspecified atom stereocenters. The number of carbonyl (C=O) groups is 1. The minimum atomic E-state index is -4.69. The molecule has 0 radical (unpaired) electrons. The molecule has 0 saturated heterocycles. The van der Waals surface area contributed by atoms with Crippen molar-refractivity contribution in [3.8, 4) is 0 Å². The summed E-state index contributed by atoms with van der Waals surface area (Å²) in [5, 5.41) is 10.4. The number of aliphatic hydroxyl groups excluding tert-OH is 1. The number of alkyl halides is 4. The van der Waals surface area contributed by atoms with Crippen LogP contribution in [0.5, 0.6) is 0 Å². The van der Waals surface area contributed by atoms with Gasteiger partial charge in [0.05, 0.1) is 0 Å². The highest BCUT2D eigenvalue weighted by Crippen LogP contribution is 2.23. The SMILES string of the molecule is CC(C)(CO)CNC(=O)C(F)(F)C(F)F. The molecule has 3 nitrogen and oxygen atoms in total. The molecule has 0 aliphatic heterocycles. The summed E-state index contributed by atoms with van der Waals surface area (Å²) in [4.78, 5) is 10.6. The third-order valence-corrected chi connectivity index (χ3v) is 1.73. The molecule has 0 atom stereocenters. The second-order valence-corrected chi connectivity index (χ2v) is 3.93. The van der Waals surface area contributed by atoms with Gasteiger partial charge in [-0.2, -0.15) is 8.78 Å². The van der Waals surface area contributed by atoms with Gasteiger partial charge in [-0.25, -0.2) is 8.78 Å². The normalized spacial score (nSPS) is 13.1. The molecule has 0 fully saturated rings. The number of hydrogen-bond donors (Lipinski definition) is 2. The Labute approximate surface area is 84.5 Å². The molecule has 0 rings (SSSR count). The predicted molar refractivity (Wildman–Crippen MR) is 44.8 cm³/mol. The van der Waals surface area contributed by atoms with E-state index in [9.17, 15) is 22.4 Å². The van der Waals surface area contributed by atoms with Gasteiger partial charge in [-0.3, -0.25) is 4.79 Å². The lowest BCUT2D eigenvalue weighted by Crippen LogP contribution is -2.48. The molecule has 0 aromatic carbocycles. The molecule has 90 valence electrons. The fourth-order valence-corrected chi connectivity index (χ4v) is 0.592. The highest BCUT2D eigenvalue weighted by Gasteiger charge is 2.49. The molecule has 0 spiro atoms. The van der Waals surface area contributed by atoms with Crippen LogP contribution in [0, 0.1) is 5.41 Å². The molecular weight excluding hydrogens is 218 g/mol. The van der Waals surface area contributed by atoms with Crippen LogP contribution < -0.4 is 5.32 Å².